The normalized spacial score (nSPS) is 8.77. The van der Waals surface area contributed by atoms with Gasteiger partial charge in [-0.1, -0.05) is 36.4 Å². The molecule has 0 amide bonds. The zero-order chi connectivity index (χ0) is 9.68. The van der Waals surface area contributed by atoms with Crippen LogP contribution in [0.15, 0.2) is 42.5 Å². The standard InChI is InChI=1S/C10H9N.CHN/c11-10-7-3-5-8-4-1-2-6-9(8)10;1-2/h1-7H,11H2;1H. The summed E-state index contributed by atoms with van der Waals surface area (Å²) < 4.78 is 0. The topological polar surface area (TPSA) is 49.8 Å². The van der Waals surface area contributed by atoms with Crippen LogP contribution in [0.25, 0.3) is 10.8 Å². The van der Waals surface area contributed by atoms with E-state index in [2.05, 4.69) is 18.7 Å². The van der Waals surface area contributed by atoms with Crippen molar-refractivity contribution in [2.24, 2.45) is 0 Å². The van der Waals surface area contributed by atoms with Crippen molar-refractivity contribution < 1.29 is 0 Å². The van der Waals surface area contributed by atoms with Crippen LogP contribution in [-0.4, -0.2) is 0 Å². The van der Waals surface area contributed by atoms with Gasteiger partial charge in [0.15, 0.2) is 0 Å². The Kier molecular flexibility index (Phi) is 2.88. The van der Waals surface area contributed by atoms with Crippen LogP contribution in [0.1, 0.15) is 0 Å². The summed E-state index contributed by atoms with van der Waals surface area (Å²) in [6, 6.07) is 14.1. The Morgan fingerprint density at radius 1 is 0.923 bits per heavy atom. The predicted octanol–water partition coefficient (Wildman–Crippen LogP) is 2.56. The first-order chi connectivity index (χ1) is 6.38. The van der Waals surface area contributed by atoms with Crippen LogP contribution in [0, 0.1) is 11.8 Å². The van der Waals surface area contributed by atoms with Crippen molar-refractivity contribution in [3.8, 4) is 6.57 Å². The molecule has 0 aromatic heterocycles. The van der Waals surface area contributed by atoms with Gasteiger partial charge in [-0.3, -0.25) is 0 Å². The summed E-state index contributed by atoms with van der Waals surface area (Å²) in [6.45, 7) is 3.50. The van der Waals surface area contributed by atoms with Gasteiger partial charge in [-0.15, -0.1) is 0 Å². The van der Waals surface area contributed by atoms with Crippen molar-refractivity contribution in [2.45, 2.75) is 0 Å². The molecule has 0 heterocycles. The number of nitrogens with two attached hydrogens (primary N) is 1. The zero-order valence-electron chi connectivity index (χ0n) is 7.14. The number of nitrogens with zero attached hydrogens (tertiary/aromatic N) is 1. The molecule has 0 spiro atoms. The first-order valence-corrected chi connectivity index (χ1v) is 3.87. The predicted molar refractivity (Wildman–Crippen MR) is 55.0 cm³/mol. The Balaban J connectivity index is 0.000000396. The molecule has 2 nitrogen and oxygen atoms in total. The van der Waals surface area contributed by atoms with E-state index < -0.39 is 0 Å². The Labute approximate surface area is 77.2 Å². The fourth-order valence-electron chi connectivity index (χ4n) is 1.25. The molecule has 64 valence electrons. The smallest absolute Gasteiger partial charge is 0.0462 e. The summed E-state index contributed by atoms with van der Waals surface area (Å²) in [5, 5.41) is 8.84. The molecule has 0 aliphatic heterocycles. The molecule has 0 saturated carbocycles. The van der Waals surface area contributed by atoms with Crippen LogP contribution in [0.3, 0.4) is 0 Å². The SMILES string of the molecule is C#N.Nc1cccc2ccccc12. The molecular formula is C11H10N2. The second-order valence-corrected chi connectivity index (χ2v) is 2.57. The summed E-state index contributed by atoms with van der Waals surface area (Å²) in [7, 11) is 0. The first kappa shape index (κ1) is 9.08. The third kappa shape index (κ3) is 1.77. The molecule has 2 N–H and O–H groups in total. The van der Waals surface area contributed by atoms with Gasteiger partial charge in [0.05, 0.1) is 0 Å². The maximum atomic E-state index is 6.50. The van der Waals surface area contributed by atoms with Gasteiger partial charge >= 0.3 is 0 Å². The number of fused-ring (bicyclic) bond motifs is 1. The van der Waals surface area contributed by atoms with E-state index >= 15 is 0 Å². The maximum Gasteiger partial charge on any atom is 0.0462 e. The summed E-state index contributed by atoms with van der Waals surface area (Å²) >= 11 is 0. The van der Waals surface area contributed by atoms with Crippen LogP contribution in [0.4, 0.5) is 5.69 Å². The van der Waals surface area contributed by atoms with Gasteiger partial charge in [0.2, 0.25) is 0 Å². The Hall–Kier alpha value is -2.01. The molecule has 0 aliphatic carbocycles. The van der Waals surface area contributed by atoms with Gasteiger partial charge in [0.1, 0.15) is 0 Å². The van der Waals surface area contributed by atoms with E-state index in [1.54, 1.807) is 0 Å². The van der Waals surface area contributed by atoms with E-state index in [0.29, 0.717) is 0 Å². The van der Waals surface area contributed by atoms with Crippen LogP contribution in [0.5, 0.6) is 0 Å². The highest BCUT2D eigenvalue weighted by atomic mass is 14.5. The molecule has 0 aliphatic rings. The summed E-state index contributed by atoms with van der Waals surface area (Å²) in [4.78, 5) is 0. The largest absolute Gasteiger partial charge is 0.398 e. The monoisotopic (exact) mass is 170 g/mol. The van der Waals surface area contributed by atoms with Crippen molar-refractivity contribution in [1.29, 1.82) is 5.26 Å². The molecular weight excluding hydrogens is 160 g/mol. The van der Waals surface area contributed by atoms with E-state index in [1.165, 1.54) is 5.39 Å². The highest BCUT2D eigenvalue weighted by molar-refractivity contribution is 5.92. The Morgan fingerprint density at radius 2 is 1.54 bits per heavy atom. The highest BCUT2D eigenvalue weighted by Gasteiger charge is 1.92. The number of hydrogen-bond acceptors (Lipinski definition) is 2. The second-order valence-electron chi connectivity index (χ2n) is 2.57. The number of anilines is 1. The van der Waals surface area contributed by atoms with Gasteiger partial charge in [-0.2, -0.15) is 0 Å². The van der Waals surface area contributed by atoms with Crippen molar-refractivity contribution in [2.75, 3.05) is 5.73 Å². The third-order valence-corrected chi connectivity index (χ3v) is 1.82. The minimum absolute atomic E-state index is 0.850. The van der Waals surface area contributed by atoms with E-state index in [0.717, 1.165) is 11.1 Å². The average molecular weight is 170 g/mol. The first-order valence-electron chi connectivity index (χ1n) is 3.87. The number of benzene rings is 2. The molecule has 13 heavy (non-hydrogen) atoms. The van der Waals surface area contributed by atoms with E-state index in [-0.39, 0.29) is 0 Å². The number of hydrogen-bond donors (Lipinski definition) is 1. The lowest BCUT2D eigenvalue weighted by Gasteiger charge is -1.98. The van der Waals surface area contributed by atoms with Gasteiger partial charge in [0.25, 0.3) is 0 Å². The molecule has 2 aromatic carbocycles. The van der Waals surface area contributed by atoms with Crippen molar-refractivity contribution in [3.63, 3.8) is 0 Å². The highest BCUT2D eigenvalue weighted by Crippen LogP contribution is 2.19. The number of nitriles is 1. The molecule has 2 heteroatoms. The minimum Gasteiger partial charge on any atom is -0.398 e. The third-order valence-electron chi connectivity index (χ3n) is 1.82. The minimum atomic E-state index is 0.850. The van der Waals surface area contributed by atoms with Crippen molar-refractivity contribution >= 4 is 16.5 Å². The summed E-state index contributed by atoms with van der Waals surface area (Å²) in [5.41, 5.74) is 6.61. The average Bonchev–Trinajstić information content (AvgIpc) is 2.22. The fraction of sp³-hybridized carbons (Fsp3) is 0. The summed E-state index contributed by atoms with van der Waals surface area (Å²) in [5.74, 6) is 0. The Bertz CT molecular complexity index is 413. The van der Waals surface area contributed by atoms with Gasteiger partial charge < -0.3 is 5.73 Å². The van der Waals surface area contributed by atoms with Crippen molar-refractivity contribution in [3.05, 3.63) is 42.5 Å². The molecule has 2 rings (SSSR count). The van der Waals surface area contributed by atoms with E-state index in [9.17, 15) is 0 Å². The lowest BCUT2D eigenvalue weighted by molar-refractivity contribution is 1.58. The Morgan fingerprint density at radius 3 is 2.23 bits per heavy atom. The summed E-state index contributed by atoms with van der Waals surface area (Å²) in [6.07, 6.45) is 0. The molecule has 0 radical (unpaired) electrons. The van der Waals surface area contributed by atoms with Crippen LogP contribution in [-0.2, 0) is 0 Å². The molecule has 0 bridgehead atoms. The van der Waals surface area contributed by atoms with E-state index in [1.807, 2.05) is 30.3 Å². The van der Waals surface area contributed by atoms with Crippen molar-refractivity contribution in [1.82, 2.24) is 0 Å². The zero-order valence-corrected chi connectivity index (χ0v) is 7.14. The molecule has 0 saturated heterocycles. The lowest BCUT2D eigenvalue weighted by atomic mass is 10.1. The molecule has 0 atom stereocenters. The van der Waals surface area contributed by atoms with Crippen LogP contribution >= 0.6 is 0 Å². The van der Waals surface area contributed by atoms with Crippen LogP contribution in [0.2, 0.25) is 0 Å². The molecule has 0 unspecified atom stereocenters. The number of rotatable bonds is 0. The van der Waals surface area contributed by atoms with Gasteiger partial charge in [0, 0.05) is 17.6 Å². The molecule has 0 fully saturated rings. The van der Waals surface area contributed by atoms with E-state index in [4.69, 9.17) is 11.0 Å². The maximum absolute atomic E-state index is 6.50. The van der Waals surface area contributed by atoms with Crippen LogP contribution < -0.4 is 5.73 Å². The quantitative estimate of drug-likeness (QED) is 0.618. The second kappa shape index (κ2) is 4.13. The lowest BCUT2D eigenvalue weighted by Crippen LogP contribution is -1.84. The fourth-order valence-corrected chi connectivity index (χ4v) is 1.25. The van der Waals surface area contributed by atoms with Gasteiger partial charge in [-0.25, -0.2) is 5.26 Å². The number of nitrogen functional groups attached to an aromatic ring is 1. The molecule has 2 aromatic rings. The van der Waals surface area contributed by atoms with Gasteiger partial charge in [-0.05, 0) is 11.5 Å².